The van der Waals surface area contributed by atoms with E-state index in [1.165, 1.54) is 29.8 Å². The predicted molar refractivity (Wildman–Crippen MR) is 87.2 cm³/mol. The number of aryl methyl sites for hydroxylation is 1. The van der Waals surface area contributed by atoms with Crippen molar-refractivity contribution < 1.29 is 9.13 Å². The summed E-state index contributed by atoms with van der Waals surface area (Å²) in [7, 11) is 0. The fourth-order valence-corrected chi connectivity index (χ4v) is 3.76. The van der Waals surface area contributed by atoms with Gasteiger partial charge in [0.1, 0.15) is 17.7 Å². The van der Waals surface area contributed by atoms with E-state index in [1.54, 1.807) is 12.1 Å². The predicted octanol–water partition coefficient (Wildman–Crippen LogP) is 3.40. The molecule has 1 aromatic heterocycles. The Morgan fingerprint density at radius 3 is 2.91 bits per heavy atom. The number of hydrogen-bond acceptors (Lipinski definition) is 3. The number of aromatic nitrogens is 1. The van der Waals surface area contributed by atoms with Gasteiger partial charge in [0.25, 0.3) is 0 Å². The monoisotopic (exact) mass is 312 g/mol. The fraction of sp³-hybridized carbons (Fsp3) is 0.421. The summed E-state index contributed by atoms with van der Waals surface area (Å²) in [5.41, 5.74) is 2.70. The highest BCUT2D eigenvalue weighted by molar-refractivity contribution is 5.29. The van der Waals surface area contributed by atoms with Gasteiger partial charge in [-0.25, -0.2) is 4.39 Å². The minimum Gasteiger partial charge on any atom is -0.489 e. The first-order valence-corrected chi connectivity index (χ1v) is 8.36. The van der Waals surface area contributed by atoms with E-state index in [2.05, 4.69) is 16.0 Å². The zero-order valence-corrected chi connectivity index (χ0v) is 13.1. The van der Waals surface area contributed by atoms with Crippen LogP contribution in [0.5, 0.6) is 5.75 Å². The van der Waals surface area contributed by atoms with E-state index in [-0.39, 0.29) is 11.9 Å². The van der Waals surface area contributed by atoms with Crippen LogP contribution in [-0.4, -0.2) is 35.6 Å². The molecule has 1 fully saturated rings. The highest BCUT2D eigenvalue weighted by atomic mass is 19.1. The van der Waals surface area contributed by atoms with Gasteiger partial charge in [0.2, 0.25) is 0 Å². The number of hydrogen-bond donors (Lipinski definition) is 0. The average Bonchev–Trinajstić information content (AvgIpc) is 3.18. The van der Waals surface area contributed by atoms with Crippen LogP contribution in [0.1, 0.15) is 30.0 Å². The Balaban J connectivity index is 1.33. The number of pyridine rings is 1. The van der Waals surface area contributed by atoms with Crippen molar-refractivity contribution in [2.24, 2.45) is 0 Å². The second-order valence-electron chi connectivity index (χ2n) is 6.52. The second-order valence-corrected chi connectivity index (χ2v) is 6.52. The van der Waals surface area contributed by atoms with Crippen molar-refractivity contribution in [3.8, 4) is 5.75 Å². The maximum Gasteiger partial charge on any atom is 0.123 e. The van der Waals surface area contributed by atoms with Gasteiger partial charge in [-0.15, -0.1) is 0 Å². The molecule has 2 aromatic rings. The van der Waals surface area contributed by atoms with Crippen LogP contribution in [0, 0.1) is 5.82 Å². The minimum atomic E-state index is -0.223. The van der Waals surface area contributed by atoms with Crippen LogP contribution < -0.4 is 4.74 Å². The summed E-state index contributed by atoms with van der Waals surface area (Å²) in [6.45, 7) is 3.10. The largest absolute Gasteiger partial charge is 0.489 e. The second kappa shape index (κ2) is 6.28. The van der Waals surface area contributed by atoms with Crippen molar-refractivity contribution in [3.63, 3.8) is 0 Å². The number of halogens is 1. The van der Waals surface area contributed by atoms with Gasteiger partial charge in [-0.3, -0.25) is 9.88 Å². The molecule has 0 amide bonds. The van der Waals surface area contributed by atoms with Gasteiger partial charge < -0.3 is 4.74 Å². The Bertz CT molecular complexity index is 673. The summed E-state index contributed by atoms with van der Waals surface area (Å²) in [6, 6.07) is 10.6. The molecule has 1 aliphatic heterocycles. The highest BCUT2D eigenvalue weighted by Gasteiger charge is 2.29. The van der Waals surface area contributed by atoms with Crippen molar-refractivity contribution >= 4 is 0 Å². The maximum absolute atomic E-state index is 12.9. The maximum atomic E-state index is 12.9. The van der Waals surface area contributed by atoms with Crippen LogP contribution >= 0.6 is 0 Å². The molecule has 2 aliphatic rings. The van der Waals surface area contributed by atoms with Crippen molar-refractivity contribution in [2.75, 3.05) is 19.6 Å². The van der Waals surface area contributed by atoms with Crippen LogP contribution in [0.15, 0.2) is 42.6 Å². The number of nitrogens with zero attached hydrogens (tertiary/aromatic N) is 2. The lowest BCUT2D eigenvalue weighted by atomic mass is 10.0. The van der Waals surface area contributed by atoms with Crippen molar-refractivity contribution in [1.82, 2.24) is 9.88 Å². The molecule has 4 heteroatoms. The molecule has 0 N–H and O–H groups in total. The quantitative estimate of drug-likeness (QED) is 0.865. The zero-order valence-electron chi connectivity index (χ0n) is 13.1. The summed E-state index contributed by atoms with van der Waals surface area (Å²) in [5, 5.41) is 0. The number of fused-ring (bicyclic) bond motifs is 1. The van der Waals surface area contributed by atoms with E-state index in [9.17, 15) is 4.39 Å². The lowest BCUT2D eigenvalue weighted by molar-refractivity contribution is 0.197. The zero-order chi connectivity index (χ0) is 15.6. The molecular weight excluding hydrogens is 291 g/mol. The summed E-state index contributed by atoms with van der Waals surface area (Å²) >= 11 is 0. The van der Waals surface area contributed by atoms with Gasteiger partial charge >= 0.3 is 0 Å². The molecule has 1 saturated heterocycles. The molecule has 0 saturated carbocycles. The van der Waals surface area contributed by atoms with E-state index in [4.69, 9.17) is 4.74 Å². The number of rotatable bonds is 4. The lowest BCUT2D eigenvalue weighted by Gasteiger charge is -2.21. The van der Waals surface area contributed by atoms with E-state index in [0.29, 0.717) is 5.92 Å². The fourth-order valence-electron chi connectivity index (χ4n) is 3.76. The Morgan fingerprint density at radius 1 is 1.17 bits per heavy atom. The van der Waals surface area contributed by atoms with Gasteiger partial charge in [-0.2, -0.15) is 0 Å². The van der Waals surface area contributed by atoms with Crippen LogP contribution in [0.3, 0.4) is 0 Å². The molecule has 4 rings (SSSR count). The first kappa shape index (κ1) is 14.6. The van der Waals surface area contributed by atoms with Crippen LogP contribution in [0.25, 0.3) is 0 Å². The van der Waals surface area contributed by atoms with E-state index in [0.717, 1.165) is 38.2 Å². The number of likely N-dealkylation sites (tertiary alicyclic amines) is 1. The van der Waals surface area contributed by atoms with Gasteiger partial charge in [0.05, 0.1) is 0 Å². The van der Waals surface area contributed by atoms with Crippen molar-refractivity contribution in [2.45, 2.75) is 31.3 Å². The lowest BCUT2D eigenvalue weighted by Crippen LogP contribution is -2.28. The molecule has 3 nitrogen and oxygen atoms in total. The third kappa shape index (κ3) is 3.22. The third-order valence-electron chi connectivity index (χ3n) is 4.92. The SMILES string of the molecule is Fc1ccc(O[C@H]2CCN(CC3CCc4ncccc43)C2)cc1. The minimum absolute atomic E-state index is 0.204. The standard InChI is InChI=1S/C19H21FN2O/c20-15-4-6-16(7-5-15)23-17-9-11-22(13-17)12-14-3-8-19-18(14)2-1-10-21-19/h1-2,4-7,10,14,17H,3,8-9,11-13H2/t14?,17-/m0/s1. The van der Waals surface area contributed by atoms with Crippen molar-refractivity contribution in [3.05, 3.63) is 59.7 Å². The molecule has 1 unspecified atom stereocenters. The van der Waals surface area contributed by atoms with Crippen LogP contribution in [-0.2, 0) is 6.42 Å². The molecule has 0 spiro atoms. The topological polar surface area (TPSA) is 25.4 Å². The summed E-state index contributed by atoms with van der Waals surface area (Å²) in [6.07, 6.45) is 5.43. The highest BCUT2D eigenvalue weighted by Crippen LogP contribution is 2.33. The molecule has 0 bridgehead atoms. The average molecular weight is 312 g/mol. The number of ether oxygens (including phenoxy) is 1. The molecule has 2 atom stereocenters. The molecule has 0 radical (unpaired) electrons. The van der Waals surface area contributed by atoms with Gasteiger partial charge in [0.15, 0.2) is 0 Å². The van der Waals surface area contributed by atoms with Gasteiger partial charge in [-0.05, 0) is 61.1 Å². The van der Waals surface area contributed by atoms with Crippen LogP contribution in [0.2, 0.25) is 0 Å². The Hall–Kier alpha value is -1.94. The first-order chi connectivity index (χ1) is 11.3. The van der Waals surface area contributed by atoms with E-state index >= 15 is 0 Å². The van der Waals surface area contributed by atoms with Gasteiger partial charge in [-0.1, -0.05) is 6.07 Å². The molecular formula is C19H21FN2O. The van der Waals surface area contributed by atoms with Crippen LogP contribution in [0.4, 0.5) is 4.39 Å². The molecule has 120 valence electrons. The van der Waals surface area contributed by atoms with E-state index < -0.39 is 0 Å². The Kier molecular flexibility index (Phi) is 4.00. The summed E-state index contributed by atoms with van der Waals surface area (Å²) < 4.78 is 18.9. The Labute approximate surface area is 136 Å². The van der Waals surface area contributed by atoms with Crippen molar-refractivity contribution in [1.29, 1.82) is 0 Å². The van der Waals surface area contributed by atoms with Gasteiger partial charge in [0, 0.05) is 31.5 Å². The molecule has 1 aliphatic carbocycles. The Morgan fingerprint density at radius 2 is 2.04 bits per heavy atom. The molecule has 23 heavy (non-hydrogen) atoms. The first-order valence-electron chi connectivity index (χ1n) is 8.36. The molecule has 2 heterocycles. The summed E-state index contributed by atoms with van der Waals surface area (Å²) in [5.74, 6) is 1.14. The molecule has 1 aromatic carbocycles. The smallest absolute Gasteiger partial charge is 0.123 e. The van der Waals surface area contributed by atoms with E-state index in [1.807, 2.05) is 12.3 Å². The summed E-state index contributed by atoms with van der Waals surface area (Å²) in [4.78, 5) is 6.98. The normalized spacial score (nSPS) is 23.9. The number of benzene rings is 1. The third-order valence-corrected chi connectivity index (χ3v) is 4.92.